The number of hydrogen-bond acceptors (Lipinski definition) is 3. The quantitative estimate of drug-likeness (QED) is 0.625. The molecule has 0 spiro atoms. The molecule has 0 amide bonds. The van der Waals surface area contributed by atoms with Crippen molar-refractivity contribution in [3.8, 4) is 0 Å². The van der Waals surface area contributed by atoms with E-state index in [0.717, 1.165) is 11.3 Å². The van der Waals surface area contributed by atoms with Crippen molar-refractivity contribution in [2.75, 3.05) is 0 Å². The van der Waals surface area contributed by atoms with Crippen molar-refractivity contribution >= 4 is 11.9 Å². The summed E-state index contributed by atoms with van der Waals surface area (Å²) in [6.07, 6.45) is 0.340. The highest BCUT2D eigenvalue weighted by Gasteiger charge is 2.00. The average Bonchev–Trinajstić information content (AvgIpc) is 2.38. The lowest BCUT2D eigenvalue weighted by molar-refractivity contribution is -0.0424. The first-order chi connectivity index (χ1) is 8.25. The van der Waals surface area contributed by atoms with Crippen LogP contribution in [0.2, 0.25) is 0 Å². The molecule has 0 fully saturated rings. The molecule has 0 radical (unpaired) electrons. The van der Waals surface area contributed by atoms with Gasteiger partial charge in [-0.15, -0.1) is 0 Å². The van der Waals surface area contributed by atoms with Crippen LogP contribution in [0.25, 0.3) is 0 Å². The molecule has 0 aliphatic heterocycles. The van der Waals surface area contributed by atoms with Gasteiger partial charge in [0.15, 0.2) is 6.29 Å². The Kier molecular flexibility index (Phi) is 3.65. The second kappa shape index (κ2) is 5.39. The first-order valence-corrected chi connectivity index (χ1v) is 5.31. The highest BCUT2D eigenvalue weighted by Crippen LogP contribution is 2.16. The molecule has 2 N–H and O–H groups in total. The lowest BCUT2D eigenvalue weighted by Gasteiger charge is -2.02. The van der Waals surface area contributed by atoms with Crippen molar-refractivity contribution in [1.29, 1.82) is 0 Å². The van der Waals surface area contributed by atoms with Crippen molar-refractivity contribution in [2.45, 2.75) is 6.29 Å². The Labute approximate surface area is 99.7 Å². The van der Waals surface area contributed by atoms with E-state index in [1.165, 1.54) is 0 Å². The van der Waals surface area contributed by atoms with Gasteiger partial charge < -0.3 is 10.2 Å². The summed E-state index contributed by atoms with van der Waals surface area (Å²) < 4.78 is 0. The van der Waals surface area contributed by atoms with Crippen LogP contribution in [-0.2, 0) is 0 Å². The summed E-state index contributed by atoms with van der Waals surface area (Å²) in [4.78, 5) is 4.29. The molecule has 2 aromatic rings. The summed E-state index contributed by atoms with van der Waals surface area (Å²) in [6.45, 7) is 0. The third-order valence-electron chi connectivity index (χ3n) is 2.35. The van der Waals surface area contributed by atoms with Gasteiger partial charge in [0.1, 0.15) is 0 Å². The number of aliphatic hydroxyl groups is 2. The predicted octanol–water partition coefficient (Wildman–Crippen LogP) is 2.42. The number of aliphatic hydroxyl groups excluding tert-OH is 1. The Bertz CT molecular complexity index is 489. The predicted molar refractivity (Wildman–Crippen MR) is 67.3 cm³/mol. The van der Waals surface area contributed by atoms with E-state index >= 15 is 0 Å². The van der Waals surface area contributed by atoms with Gasteiger partial charge in [-0.25, -0.2) is 0 Å². The minimum atomic E-state index is -1.43. The standard InChI is InChI=1S/C14H13NO2/c16-14(17)12-6-8-13(9-7-12)15-10-11-4-2-1-3-5-11/h1-10,14,16-17H. The number of nitrogens with zero attached hydrogens (tertiary/aromatic N) is 1. The molecule has 86 valence electrons. The Hall–Kier alpha value is -1.97. The van der Waals surface area contributed by atoms with Gasteiger partial charge in [0.05, 0.1) is 5.69 Å². The molecule has 3 nitrogen and oxygen atoms in total. The molecular formula is C14H13NO2. The van der Waals surface area contributed by atoms with E-state index in [1.54, 1.807) is 30.5 Å². The Morgan fingerprint density at radius 2 is 1.53 bits per heavy atom. The van der Waals surface area contributed by atoms with Crippen LogP contribution in [-0.4, -0.2) is 16.4 Å². The van der Waals surface area contributed by atoms with E-state index in [-0.39, 0.29) is 0 Å². The minimum Gasteiger partial charge on any atom is -0.364 e. The monoisotopic (exact) mass is 227 g/mol. The number of aliphatic imine (C=N–C) groups is 1. The van der Waals surface area contributed by atoms with Crippen molar-refractivity contribution in [1.82, 2.24) is 0 Å². The highest BCUT2D eigenvalue weighted by atomic mass is 16.5. The maximum absolute atomic E-state index is 8.94. The number of benzene rings is 2. The first kappa shape index (κ1) is 11.5. The molecule has 0 aliphatic rings. The van der Waals surface area contributed by atoms with Crippen LogP contribution in [0.4, 0.5) is 5.69 Å². The second-order valence-electron chi connectivity index (χ2n) is 3.63. The van der Waals surface area contributed by atoms with Gasteiger partial charge in [-0.05, 0) is 17.7 Å². The van der Waals surface area contributed by atoms with Crippen LogP contribution in [0.5, 0.6) is 0 Å². The van der Waals surface area contributed by atoms with Gasteiger partial charge in [0.2, 0.25) is 0 Å². The van der Waals surface area contributed by atoms with Gasteiger partial charge in [-0.1, -0.05) is 42.5 Å². The zero-order valence-electron chi connectivity index (χ0n) is 9.19. The van der Waals surface area contributed by atoms with E-state index in [0.29, 0.717) is 5.56 Å². The third kappa shape index (κ3) is 3.24. The van der Waals surface area contributed by atoms with Gasteiger partial charge in [0, 0.05) is 11.8 Å². The molecule has 0 saturated heterocycles. The summed E-state index contributed by atoms with van der Waals surface area (Å²) in [6, 6.07) is 16.6. The molecule has 3 heteroatoms. The van der Waals surface area contributed by atoms with Crippen LogP contribution in [0, 0.1) is 0 Å². The van der Waals surface area contributed by atoms with Gasteiger partial charge in [-0.2, -0.15) is 0 Å². The molecule has 0 aromatic heterocycles. The smallest absolute Gasteiger partial charge is 0.178 e. The maximum Gasteiger partial charge on any atom is 0.178 e. The molecule has 0 saturated carbocycles. The van der Waals surface area contributed by atoms with E-state index in [2.05, 4.69) is 4.99 Å². The molecule has 0 unspecified atom stereocenters. The SMILES string of the molecule is OC(O)c1ccc(N=Cc2ccccc2)cc1. The largest absolute Gasteiger partial charge is 0.364 e. The van der Waals surface area contributed by atoms with Crippen molar-refractivity contribution in [3.05, 3.63) is 65.7 Å². The van der Waals surface area contributed by atoms with Crippen molar-refractivity contribution in [2.24, 2.45) is 4.99 Å². The molecule has 0 heterocycles. The van der Waals surface area contributed by atoms with Gasteiger partial charge >= 0.3 is 0 Å². The van der Waals surface area contributed by atoms with Crippen molar-refractivity contribution in [3.63, 3.8) is 0 Å². The molecule has 0 aliphatic carbocycles. The van der Waals surface area contributed by atoms with E-state index in [4.69, 9.17) is 10.2 Å². The third-order valence-corrected chi connectivity index (χ3v) is 2.35. The Balaban J connectivity index is 2.12. The Morgan fingerprint density at radius 1 is 0.882 bits per heavy atom. The van der Waals surface area contributed by atoms with Crippen LogP contribution >= 0.6 is 0 Å². The Morgan fingerprint density at radius 3 is 2.12 bits per heavy atom. The first-order valence-electron chi connectivity index (χ1n) is 5.31. The van der Waals surface area contributed by atoms with Crippen LogP contribution < -0.4 is 0 Å². The summed E-state index contributed by atoms with van der Waals surface area (Å²) >= 11 is 0. The molecule has 2 rings (SSSR count). The zero-order valence-corrected chi connectivity index (χ0v) is 9.19. The summed E-state index contributed by atoms with van der Waals surface area (Å²) in [5.74, 6) is 0. The molecular weight excluding hydrogens is 214 g/mol. The van der Waals surface area contributed by atoms with Gasteiger partial charge in [0.25, 0.3) is 0 Å². The molecule has 0 bridgehead atoms. The molecule has 0 atom stereocenters. The maximum atomic E-state index is 8.94. The summed E-state index contributed by atoms with van der Waals surface area (Å²) in [5, 5.41) is 17.9. The number of rotatable bonds is 3. The van der Waals surface area contributed by atoms with E-state index in [9.17, 15) is 0 Å². The fourth-order valence-electron chi connectivity index (χ4n) is 1.42. The topological polar surface area (TPSA) is 52.8 Å². The van der Waals surface area contributed by atoms with Crippen LogP contribution in [0.3, 0.4) is 0 Å². The van der Waals surface area contributed by atoms with E-state index < -0.39 is 6.29 Å². The lowest BCUT2D eigenvalue weighted by Crippen LogP contribution is -1.92. The van der Waals surface area contributed by atoms with Crippen molar-refractivity contribution < 1.29 is 10.2 Å². The highest BCUT2D eigenvalue weighted by molar-refractivity contribution is 5.81. The zero-order chi connectivity index (χ0) is 12.1. The van der Waals surface area contributed by atoms with E-state index in [1.807, 2.05) is 30.3 Å². The fourth-order valence-corrected chi connectivity index (χ4v) is 1.42. The van der Waals surface area contributed by atoms with Crippen LogP contribution in [0.1, 0.15) is 17.4 Å². The normalized spacial score (nSPS) is 11.2. The number of hydrogen-bond donors (Lipinski definition) is 2. The summed E-state index contributed by atoms with van der Waals surface area (Å²) in [7, 11) is 0. The minimum absolute atomic E-state index is 0.462. The second-order valence-corrected chi connectivity index (χ2v) is 3.63. The molecule has 17 heavy (non-hydrogen) atoms. The van der Waals surface area contributed by atoms with Crippen LogP contribution in [0.15, 0.2) is 59.6 Å². The lowest BCUT2D eigenvalue weighted by atomic mass is 10.2. The molecule has 2 aromatic carbocycles. The fraction of sp³-hybridized carbons (Fsp3) is 0.0714. The average molecular weight is 227 g/mol. The van der Waals surface area contributed by atoms with Gasteiger partial charge in [-0.3, -0.25) is 4.99 Å². The summed E-state index contributed by atoms with van der Waals surface area (Å²) in [5.41, 5.74) is 2.26.